The Hall–Kier alpha value is -3.26. The zero-order chi connectivity index (χ0) is 19.8. The number of amides is 1. The lowest BCUT2D eigenvalue weighted by Crippen LogP contribution is -2.25. The van der Waals surface area contributed by atoms with Gasteiger partial charge in [-0.15, -0.1) is 10.2 Å². The fourth-order valence-electron chi connectivity index (χ4n) is 3.14. The van der Waals surface area contributed by atoms with Crippen LogP contribution in [-0.2, 0) is 6.54 Å². The summed E-state index contributed by atoms with van der Waals surface area (Å²) in [6.45, 7) is 5.70. The molecule has 0 aliphatic carbocycles. The fraction of sp³-hybridized carbons (Fsp3) is 0.211. The number of benzene rings is 1. The number of aromatic nitrogens is 5. The van der Waals surface area contributed by atoms with Gasteiger partial charge >= 0.3 is 0 Å². The first-order valence-electron chi connectivity index (χ1n) is 8.63. The number of halogens is 1. The van der Waals surface area contributed by atoms with Crippen molar-refractivity contribution in [1.82, 2.24) is 30.1 Å². The number of hydrogen-bond donors (Lipinski definition) is 1. The first kappa shape index (κ1) is 18.1. The second-order valence-electron chi connectivity index (χ2n) is 6.42. The molecule has 0 bridgehead atoms. The van der Waals surface area contributed by atoms with Crippen LogP contribution in [0.1, 0.15) is 33.3 Å². The van der Waals surface area contributed by atoms with Gasteiger partial charge in [0.2, 0.25) is 0 Å². The van der Waals surface area contributed by atoms with Gasteiger partial charge in [0.05, 0.1) is 11.6 Å². The molecule has 0 unspecified atom stereocenters. The average molecular weight is 397 g/mol. The summed E-state index contributed by atoms with van der Waals surface area (Å²) in [6.07, 6.45) is 0. The van der Waals surface area contributed by atoms with Crippen LogP contribution >= 0.6 is 11.6 Å². The number of carbonyl (C=O) groups is 1. The minimum absolute atomic E-state index is 0.179. The highest BCUT2D eigenvalue weighted by atomic mass is 35.5. The minimum atomic E-state index is -0.330. The Morgan fingerprint density at radius 3 is 2.79 bits per heavy atom. The molecule has 0 radical (unpaired) electrons. The van der Waals surface area contributed by atoms with Gasteiger partial charge in [-0.1, -0.05) is 35.0 Å². The van der Waals surface area contributed by atoms with Gasteiger partial charge in [0.25, 0.3) is 11.7 Å². The maximum absolute atomic E-state index is 12.9. The SMILES string of the molecule is Cc1cc(C)n2c(CNC(=O)c3c(-c4ccccc4Cl)noc3C)nnc2n1. The van der Waals surface area contributed by atoms with Crippen molar-refractivity contribution in [2.75, 3.05) is 0 Å². The first-order valence-corrected chi connectivity index (χ1v) is 9.01. The highest BCUT2D eigenvalue weighted by Crippen LogP contribution is 2.30. The van der Waals surface area contributed by atoms with Crippen LogP contribution in [0.5, 0.6) is 0 Å². The maximum atomic E-state index is 12.9. The molecule has 4 rings (SSSR count). The Balaban J connectivity index is 1.63. The van der Waals surface area contributed by atoms with Gasteiger partial charge in [0, 0.05) is 17.0 Å². The molecule has 0 atom stereocenters. The van der Waals surface area contributed by atoms with Gasteiger partial charge in [-0.3, -0.25) is 9.20 Å². The Labute approximate surface area is 165 Å². The van der Waals surface area contributed by atoms with Crippen molar-refractivity contribution < 1.29 is 9.32 Å². The molecule has 1 aromatic carbocycles. The third-order valence-electron chi connectivity index (χ3n) is 4.39. The predicted octanol–water partition coefficient (Wildman–Crippen LogP) is 3.29. The summed E-state index contributed by atoms with van der Waals surface area (Å²) in [6, 6.07) is 9.10. The third-order valence-corrected chi connectivity index (χ3v) is 4.72. The summed E-state index contributed by atoms with van der Waals surface area (Å²) in [4.78, 5) is 17.2. The van der Waals surface area contributed by atoms with Crippen LogP contribution in [0.3, 0.4) is 0 Å². The monoisotopic (exact) mass is 396 g/mol. The van der Waals surface area contributed by atoms with E-state index in [4.69, 9.17) is 16.1 Å². The summed E-state index contributed by atoms with van der Waals surface area (Å²) in [5, 5.41) is 15.6. The van der Waals surface area contributed by atoms with E-state index in [1.54, 1.807) is 19.1 Å². The van der Waals surface area contributed by atoms with Gasteiger partial charge in [0.15, 0.2) is 5.82 Å². The first-order chi connectivity index (χ1) is 13.5. The largest absolute Gasteiger partial charge is 0.360 e. The molecule has 0 aliphatic rings. The average Bonchev–Trinajstić information content (AvgIpc) is 3.23. The minimum Gasteiger partial charge on any atom is -0.360 e. The molecule has 0 aliphatic heterocycles. The second-order valence-corrected chi connectivity index (χ2v) is 6.82. The summed E-state index contributed by atoms with van der Waals surface area (Å²) < 4.78 is 7.06. The van der Waals surface area contributed by atoms with E-state index in [1.165, 1.54) is 0 Å². The summed E-state index contributed by atoms with van der Waals surface area (Å²) in [7, 11) is 0. The fourth-order valence-corrected chi connectivity index (χ4v) is 3.36. The van der Waals surface area contributed by atoms with Crippen LogP contribution in [0.25, 0.3) is 17.0 Å². The molecule has 1 N–H and O–H groups in total. The van der Waals surface area contributed by atoms with Crippen molar-refractivity contribution in [3.8, 4) is 11.3 Å². The van der Waals surface area contributed by atoms with Crippen molar-refractivity contribution in [2.24, 2.45) is 0 Å². The van der Waals surface area contributed by atoms with E-state index in [0.717, 1.165) is 11.4 Å². The standard InChI is InChI=1S/C19H17ClN6O2/c1-10-8-11(2)26-15(23-24-19(26)22-10)9-21-18(27)16-12(3)28-25-17(16)13-6-4-5-7-14(13)20/h4-8H,9H2,1-3H3,(H,21,27). The molecule has 1 amide bonds. The van der Waals surface area contributed by atoms with Gasteiger partial charge < -0.3 is 9.84 Å². The Morgan fingerprint density at radius 2 is 2.00 bits per heavy atom. The van der Waals surface area contributed by atoms with Crippen LogP contribution < -0.4 is 5.32 Å². The third kappa shape index (κ3) is 3.11. The van der Waals surface area contributed by atoms with Crippen LogP contribution in [-0.4, -0.2) is 30.6 Å². The molecule has 0 fully saturated rings. The summed E-state index contributed by atoms with van der Waals surface area (Å²) >= 11 is 6.26. The highest BCUT2D eigenvalue weighted by Gasteiger charge is 2.23. The molecule has 0 saturated carbocycles. The molecule has 8 nitrogen and oxygen atoms in total. The van der Waals surface area contributed by atoms with Gasteiger partial charge in [-0.2, -0.15) is 0 Å². The molecular weight excluding hydrogens is 380 g/mol. The van der Waals surface area contributed by atoms with E-state index in [2.05, 4.69) is 25.7 Å². The summed E-state index contributed by atoms with van der Waals surface area (Å²) in [5.41, 5.74) is 3.18. The lowest BCUT2D eigenvalue weighted by Gasteiger charge is -2.07. The number of aryl methyl sites for hydroxylation is 3. The maximum Gasteiger partial charge on any atom is 0.257 e. The van der Waals surface area contributed by atoms with Crippen LogP contribution in [0, 0.1) is 20.8 Å². The zero-order valence-electron chi connectivity index (χ0n) is 15.5. The zero-order valence-corrected chi connectivity index (χ0v) is 16.3. The second kappa shape index (κ2) is 7.05. The highest BCUT2D eigenvalue weighted by molar-refractivity contribution is 6.33. The molecule has 3 aromatic heterocycles. The number of fused-ring (bicyclic) bond motifs is 1. The smallest absolute Gasteiger partial charge is 0.257 e. The van der Waals surface area contributed by atoms with Gasteiger partial charge in [0.1, 0.15) is 17.0 Å². The van der Waals surface area contributed by atoms with E-state index in [1.807, 2.05) is 36.4 Å². The van der Waals surface area contributed by atoms with Crippen LogP contribution in [0.15, 0.2) is 34.9 Å². The normalized spacial score (nSPS) is 11.1. The Morgan fingerprint density at radius 1 is 1.21 bits per heavy atom. The summed E-state index contributed by atoms with van der Waals surface area (Å²) in [5.74, 6) is 1.16. The van der Waals surface area contributed by atoms with Crippen molar-refractivity contribution >= 4 is 23.3 Å². The van der Waals surface area contributed by atoms with Gasteiger partial charge in [-0.25, -0.2) is 4.98 Å². The number of hydrogen-bond acceptors (Lipinski definition) is 6. The molecule has 28 heavy (non-hydrogen) atoms. The Bertz CT molecular complexity index is 1200. The molecular formula is C19H17ClN6O2. The molecule has 142 valence electrons. The number of carbonyl (C=O) groups excluding carboxylic acids is 1. The molecule has 0 saturated heterocycles. The van der Waals surface area contributed by atoms with Crippen molar-refractivity contribution in [3.05, 3.63) is 63.9 Å². The van der Waals surface area contributed by atoms with Crippen molar-refractivity contribution in [3.63, 3.8) is 0 Å². The van der Waals surface area contributed by atoms with Crippen LogP contribution in [0.4, 0.5) is 0 Å². The van der Waals surface area contributed by atoms with Crippen LogP contribution in [0.2, 0.25) is 5.02 Å². The molecule has 0 spiro atoms. The molecule has 4 aromatic rings. The Kier molecular flexibility index (Phi) is 4.56. The predicted molar refractivity (Wildman–Crippen MR) is 103 cm³/mol. The lowest BCUT2D eigenvalue weighted by molar-refractivity contribution is 0.0948. The van der Waals surface area contributed by atoms with Crippen molar-refractivity contribution in [2.45, 2.75) is 27.3 Å². The molecule has 9 heteroatoms. The van der Waals surface area contributed by atoms with E-state index in [-0.39, 0.29) is 12.5 Å². The van der Waals surface area contributed by atoms with Gasteiger partial charge in [-0.05, 0) is 32.9 Å². The van der Waals surface area contributed by atoms with E-state index in [9.17, 15) is 4.79 Å². The molecule has 3 heterocycles. The lowest BCUT2D eigenvalue weighted by atomic mass is 10.1. The number of rotatable bonds is 4. The quantitative estimate of drug-likeness (QED) is 0.568. The number of nitrogens with zero attached hydrogens (tertiary/aromatic N) is 5. The van der Waals surface area contributed by atoms with Crippen molar-refractivity contribution in [1.29, 1.82) is 0 Å². The van der Waals surface area contributed by atoms with E-state index >= 15 is 0 Å². The van der Waals surface area contributed by atoms with E-state index in [0.29, 0.717) is 39.2 Å². The number of nitrogens with one attached hydrogen (secondary N) is 1. The topological polar surface area (TPSA) is 98.2 Å². The van der Waals surface area contributed by atoms with E-state index < -0.39 is 0 Å².